The van der Waals surface area contributed by atoms with Crippen LogP contribution in [0.1, 0.15) is 47.0 Å². The van der Waals surface area contributed by atoms with Gasteiger partial charge in [-0.05, 0) is 37.5 Å². The molecule has 2 unspecified atom stereocenters. The highest BCUT2D eigenvalue weighted by molar-refractivity contribution is 5.84. The van der Waals surface area contributed by atoms with Gasteiger partial charge in [-0.15, -0.1) is 0 Å². The summed E-state index contributed by atoms with van der Waals surface area (Å²) in [6, 6.07) is 0. The number of aliphatic hydroxyl groups is 1. The smallest absolute Gasteiger partial charge is 0.330 e. The molecule has 3 heteroatoms. The van der Waals surface area contributed by atoms with Crippen molar-refractivity contribution in [2.45, 2.75) is 53.1 Å². The van der Waals surface area contributed by atoms with E-state index < -0.39 is 5.97 Å². The largest absolute Gasteiger partial charge is 0.478 e. The normalized spacial score (nSPS) is 27.6. The molecular weight excluding hydrogens is 204 g/mol. The molecule has 0 aromatic carbocycles. The van der Waals surface area contributed by atoms with Crippen molar-refractivity contribution in [2.24, 2.45) is 11.3 Å². The van der Waals surface area contributed by atoms with E-state index in [1.807, 2.05) is 0 Å². The first-order valence-electron chi connectivity index (χ1n) is 5.71. The third kappa shape index (κ3) is 6.62. The standard InChI is InChI=1S/C9H18O.C4H6O2/c1-7-4-8(10)6-9(2,3)5-7;1-3(2)4(5)6/h7-8,10H,4-6H2,1-3H3;1H2,2H3,(H,5,6). The van der Waals surface area contributed by atoms with Crippen LogP contribution in [0.4, 0.5) is 0 Å². The zero-order valence-corrected chi connectivity index (χ0v) is 10.8. The van der Waals surface area contributed by atoms with Crippen LogP contribution in [0.15, 0.2) is 12.2 Å². The molecule has 0 radical (unpaired) electrons. The SMILES string of the molecule is C=C(C)C(=O)O.CC1CC(O)CC(C)(C)C1. The lowest BCUT2D eigenvalue weighted by molar-refractivity contribution is -0.132. The van der Waals surface area contributed by atoms with Crippen molar-refractivity contribution in [3.8, 4) is 0 Å². The minimum absolute atomic E-state index is 0.0428. The molecule has 0 aromatic rings. The second-order valence-corrected chi connectivity index (χ2v) is 5.65. The van der Waals surface area contributed by atoms with Crippen LogP contribution in [0.2, 0.25) is 0 Å². The van der Waals surface area contributed by atoms with E-state index in [-0.39, 0.29) is 11.7 Å². The van der Waals surface area contributed by atoms with Gasteiger partial charge in [-0.2, -0.15) is 0 Å². The van der Waals surface area contributed by atoms with Crippen molar-refractivity contribution in [3.63, 3.8) is 0 Å². The second-order valence-electron chi connectivity index (χ2n) is 5.65. The molecule has 0 heterocycles. The summed E-state index contributed by atoms with van der Waals surface area (Å²) in [5.74, 6) is -0.228. The predicted octanol–water partition coefficient (Wildman–Crippen LogP) is 2.84. The van der Waals surface area contributed by atoms with E-state index in [1.54, 1.807) is 0 Å². The Morgan fingerprint density at radius 3 is 2.06 bits per heavy atom. The van der Waals surface area contributed by atoms with Crippen molar-refractivity contribution in [2.75, 3.05) is 0 Å². The summed E-state index contributed by atoms with van der Waals surface area (Å²) in [6.45, 7) is 11.3. The number of carboxylic acids is 1. The molecule has 2 N–H and O–H groups in total. The van der Waals surface area contributed by atoms with Crippen LogP contribution in [-0.2, 0) is 4.79 Å². The number of aliphatic carboxylic acids is 1. The van der Waals surface area contributed by atoms with Crippen LogP contribution in [0.3, 0.4) is 0 Å². The first-order valence-corrected chi connectivity index (χ1v) is 5.71. The molecule has 16 heavy (non-hydrogen) atoms. The average molecular weight is 228 g/mol. The lowest BCUT2D eigenvalue weighted by Gasteiger charge is -2.36. The summed E-state index contributed by atoms with van der Waals surface area (Å²) in [7, 11) is 0. The fraction of sp³-hybridized carbons (Fsp3) is 0.769. The lowest BCUT2D eigenvalue weighted by atomic mass is 9.72. The number of carboxylic acid groups (broad SMARTS) is 1. The van der Waals surface area contributed by atoms with Crippen molar-refractivity contribution in [1.82, 2.24) is 0 Å². The van der Waals surface area contributed by atoms with Crippen LogP contribution in [-0.4, -0.2) is 22.3 Å². The Bertz CT molecular complexity index is 232. The maximum absolute atomic E-state index is 9.60. The highest BCUT2D eigenvalue weighted by Crippen LogP contribution is 2.38. The molecule has 1 aliphatic rings. The molecule has 0 saturated heterocycles. The molecule has 3 nitrogen and oxygen atoms in total. The molecule has 1 aliphatic carbocycles. The van der Waals surface area contributed by atoms with Gasteiger partial charge in [0, 0.05) is 5.57 Å². The molecule has 1 fully saturated rings. The molecule has 0 amide bonds. The van der Waals surface area contributed by atoms with Crippen molar-refractivity contribution in [1.29, 1.82) is 0 Å². The Kier molecular flexibility index (Phi) is 5.73. The fourth-order valence-corrected chi connectivity index (χ4v) is 2.30. The first kappa shape index (κ1) is 15.2. The summed E-state index contributed by atoms with van der Waals surface area (Å²) in [5, 5.41) is 17.3. The molecule has 94 valence electrons. The van der Waals surface area contributed by atoms with E-state index >= 15 is 0 Å². The molecule has 0 aliphatic heterocycles. The summed E-state index contributed by atoms with van der Waals surface area (Å²) in [4.78, 5) is 9.60. The lowest BCUT2D eigenvalue weighted by Crippen LogP contribution is -2.30. The minimum Gasteiger partial charge on any atom is -0.478 e. The Morgan fingerprint density at radius 2 is 1.81 bits per heavy atom. The van der Waals surface area contributed by atoms with Crippen LogP contribution < -0.4 is 0 Å². The molecule has 0 spiro atoms. The van der Waals surface area contributed by atoms with E-state index in [0.717, 1.165) is 12.8 Å². The van der Waals surface area contributed by atoms with Crippen LogP contribution in [0, 0.1) is 11.3 Å². The average Bonchev–Trinajstić information content (AvgIpc) is 1.99. The fourth-order valence-electron chi connectivity index (χ4n) is 2.30. The highest BCUT2D eigenvalue weighted by atomic mass is 16.4. The summed E-state index contributed by atoms with van der Waals surface area (Å²) in [5.41, 5.74) is 0.548. The summed E-state index contributed by atoms with van der Waals surface area (Å²) < 4.78 is 0. The van der Waals surface area contributed by atoms with Crippen LogP contribution in [0.25, 0.3) is 0 Å². The monoisotopic (exact) mass is 228 g/mol. The molecule has 1 saturated carbocycles. The van der Waals surface area contributed by atoms with Gasteiger partial charge in [-0.1, -0.05) is 27.4 Å². The Morgan fingerprint density at radius 1 is 1.38 bits per heavy atom. The van der Waals surface area contributed by atoms with Gasteiger partial charge in [0.25, 0.3) is 0 Å². The zero-order valence-electron chi connectivity index (χ0n) is 10.8. The van der Waals surface area contributed by atoms with Crippen molar-refractivity contribution >= 4 is 5.97 Å². The molecule has 1 rings (SSSR count). The molecule has 0 bridgehead atoms. The van der Waals surface area contributed by atoms with E-state index in [9.17, 15) is 9.90 Å². The highest BCUT2D eigenvalue weighted by Gasteiger charge is 2.30. The van der Waals surface area contributed by atoms with E-state index in [0.29, 0.717) is 11.3 Å². The zero-order chi connectivity index (χ0) is 12.9. The maximum atomic E-state index is 9.60. The van der Waals surface area contributed by atoms with Crippen LogP contribution in [0.5, 0.6) is 0 Å². The first-order chi connectivity index (χ1) is 7.14. The van der Waals surface area contributed by atoms with Gasteiger partial charge in [0.15, 0.2) is 0 Å². The number of rotatable bonds is 1. The Balaban J connectivity index is 0.000000325. The number of hydrogen-bond donors (Lipinski definition) is 2. The summed E-state index contributed by atoms with van der Waals surface area (Å²) in [6.07, 6.45) is 3.21. The van der Waals surface area contributed by atoms with E-state index in [2.05, 4.69) is 27.4 Å². The topological polar surface area (TPSA) is 57.5 Å². The Labute approximate surface area is 98.2 Å². The van der Waals surface area contributed by atoms with Gasteiger partial charge in [-0.25, -0.2) is 4.79 Å². The second kappa shape index (κ2) is 6.04. The minimum atomic E-state index is -0.935. The summed E-state index contributed by atoms with van der Waals surface area (Å²) >= 11 is 0. The molecular formula is C13H24O3. The quantitative estimate of drug-likeness (QED) is 0.678. The number of aliphatic hydroxyl groups excluding tert-OH is 1. The Hall–Kier alpha value is -0.830. The van der Waals surface area contributed by atoms with Gasteiger partial charge in [0.05, 0.1) is 6.10 Å². The van der Waals surface area contributed by atoms with Gasteiger partial charge < -0.3 is 10.2 Å². The van der Waals surface area contributed by atoms with Gasteiger partial charge in [-0.3, -0.25) is 0 Å². The third-order valence-electron chi connectivity index (χ3n) is 2.73. The number of carbonyl (C=O) groups is 1. The van der Waals surface area contributed by atoms with Gasteiger partial charge in [0.2, 0.25) is 0 Å². The maximum Gasteiger partial charge on any atom is 0.330 e. The van der Waals surface area contributed by atoms with Crippen LogP contribution >= 0.6 is 0 Å². The van der Waals surface area contributed by atoms with Crippen molar-refractivity contribution < 1.29 is 15.0 Å². The third-order valence-corrected chi connectivity index (χ3v) is 2.73. The van der Waals surface area contributed by atoms with Gasteiger partial charge >= 0.3 is 5.97 Å². The molecule has 0 aromatic heterocycles. The molecule has 2 atom stereocenters. The van der Waals surface area contributed by atoms with Crippen molar-refractivity contribution in [3.05, 3.63) is 12.2 Å². The predicted molar refractivity (Wildman–Crippen MR) is 65.3 cm³/mol. The number of hydrogen-bond acceptors (Lipinski definition) is 2. The van der Waals surface area contributed by atoms with E-state index in [4.69, 9.17) is 5.11 Å². The van der Waals surface area contributed by atoms with Gasteiger partial charge in [0.1, 0.15) is 0 Å². The van der Waals surface area contributed by atoms with E-state index in [1.165, 1.54) is 13.3 Å².